The van der Waals surface area contributed by atoms with Crippen LogP contribution in [0.2, 0.25) is 5.02 Å². The molecule has 2 amide bonds. The molecule has 0 aliphatic heterocycles. The summed E-state index contributed by atoms with van der Waals surface area (Å²) in [6, 6.07) is 13.8. The highest BCUT2D eigenvalue weighted by atomic mass is 35.5. The number of amides is 2. The number of carbonyl (C=O) groups excluding carboxylic acids is 2. The summed E-state index contributed by atoms with van der Waals surface area (Å²) in [7, 11) is 0. The van der Waals surface area contributed by atoms with Gasteiger partial charge >= 0.3 is 0 Å². The predicted molar refractivity (Wildman–Crippen MR) is 109 cm³/mol. The number of hydrogen-bond acceptors (Lipinski definition) is 3. The van der Waals surface area contributed by atoms with Crippen LogP contribution in [0, 0.1) is 0 Å². The smallest absolute Gasteiger partial charge is 0.262 e. The van der Waals surface area contributed by atoms with Crippen LogP contribution in [0.3, 0.4) is 0 Å². The van der Waals surface area contributed by atoms with Gasteiger partial charge in [0.05, 0.1) is 0 Å². The summed E-state index contributed by atoms with van der Waals surface area (Å²) in [5.41, 5.74) is 1.13. The third-order valence-electron chi connectivity index (χ3n) is 3.85. The molecule has 0 heterocycles. The zero-order valence-electron chi connectivity index (χ0n) is 15.7. The molecule has 0 saturated carbocycles. The molecule has 0 spiro atoms. The number of ether oxygens (including phenoxy) is 1. The van der Waals surface area contributed by atoms with Crippen LogP contribution >= 0.6 is 11.6 Å². The van der Waals surface area contributed by atoms with E-state index in [1.165, 1.54) is 0 Å². The first-order valence-corrected chi connectivity index (χ1v) is 9.48. The number of nitrogens with zero attached hydrogens (tertiary/aromatic N) is 1. The Bertz CT molecular complexity index is 756. The van der Waals surface area contributed by atoms with Crippen LogP contribution in [0.1, 0.15) is 37.0 Å². The second-order valence-electron chi connectivity index (χ2n) is 6.16. The maximum absolute atomic E-state index is 12.7. The van der Waals surface area contributed by atoms with Crippen LogP contribution in [0.4, 0.5) is 5.69 Å². The molecule has 1 N–H and O–H groups in total. The minimum Gasteiger partial charge on any atom is -0.484 e. The standard InChI is InChI=1S/C21H25ClN2O3/c1-3-12-24(13-4-2)21(26)16-6-5-7-18(14-16)23-20(25)15-27-19-10-8-17(22)9-11-19/h5-11,14H,3-4,12-13,15H2,1-2H3,(H,23,25). The Labute approximate surface area is 165 Å². The summed E-state index contributed by atoms with van der Waals surface area (Å²) < 4.78 is 5.43. The third-order valence-corrected chi connectivity index (χ3v) is 4.10. The SMILES string of the molecule is CCCN(CCC)C(=O)c1cccc(NC(=O)COc2ccc(Cl)cc2)c1. The molecule has 144 valence electrons. The topological polar surface area (TPSA) is 58.6 Å². The van der Waals surface area contributed by atoms with E-state index in [-0.39, 0.29) is 18.4 Å². The molecule has 0 aliphatic rings. The number of carbonyl (C=O) groups is 2. The van der Waals surface area contributed by atoms with E-state index in [0.717, 1.165) is 25.9 Å². The molecule has 27 heavy (non-hydrogen) atoms. The van der Waals surface area contributed by atoms with E-state index in [4.69, 9.17) is 16.3 Å². The fourth-order valence-corrected chi connectivity index (χ4v) is 2.77. The lowest BCUT2D eigenvalue weighted by Crippen LogP contribution is -2.32. The average molecular weight is 389 g/mol. The summed E-state index contributed by atoms with van der Waals surface area (Å²) in [6.07, 6.45) is 1.81. The summed E-state index contributed by atoms with van der Waals surface area (Å²) in [4.78, 5) is 26.6. The highest BCUT2D eigenvalue weighted by Gasteiger charge is 2.15. The highest BCUT2D eigenvalue weighted by molar-refractivity contribution is 6.30. The fourth-order valence-electron chi connectivity index (χ4n) is 2.64. The van der Waals surface area contributed by atoms with Crippen LogP contribution in [-0.2, 0) is 4.79 Å². The summed E-state index contributed by atoms with van der Waals surface area (Å²) in [5.74, 6) is 0.244. The van der Waals surface area contributed by atoms with Gasteiger partial charge in [-0.2, -0.15) is 0 Å². The quantitative estimate of drug-likeness (QED) is 0.681. The molecule has 2 aromatic carbocycles. The highest BCUT2D eigenvalue weighted by Crippen LogP contribution is 2.16. The molecular weight excluding hydrogens is 364 g/mol. The first kappa shape index (κ1) is 20.8. The van der Waals surface area contributed by atoms with E-state index in [1.54, 1.807) is 48.5 Å². The number of hydrogen-bond donors (Lipinski definition) is 1. The van der Waals surface area contributed by atoms with E-state index >= 15 is 0 Å². The van der Waals surface area contributed by atoms with Crippen molar-refractivity contribution in [2.75, 3.05) is 25.0 Å². The van der Waals surface area contributed by atoms with E-state index < -0.39 is 0 Å². The van der Waals surface area contributed by atoms with Gasteiger partial charge in [0.25, 0.3) is 11.8 Å². The number of rotatable bonds is 9. The van der Waals surface area contributed by atoms with Crippen molar-refractivity contribution < 1.29 is 14.3 Å². The van der Waals surface area contributed by atoms with Gasteiger partial charge in [-0.25, -0.2) is 0 Å². The molecule has 0 aromatic heterocycles. The molecule has 2 aromatic rings. The van der Waals surface area contributed by atoms with Crippen molar-refractivity contribution in [3.63, 3.8) is 0 Å². The van der Waals surface area contributed by atoms with Crippen molar-refractivity contribution in [3.05, 3.63) is 59.1 Å². The molecule has 0 fully saturated rings. The molecule has 6 heteroatoms. The van der Waals surface area contributed by atoms with E-state index in [2.05, 4.69) is 5.32 Å². The lowest BCUT2D eigenvalue weighted by Gasteiger charge is -2.21. The second-order valence-corrected chi connectivity index (χ2v) is 6.60. The fraction of sp³-hybridized carbons (Fsp3) is 0.333. The average Bonchev–Trinajstić information content (AvgIpc) is 2.67. The van der Waals surface area contributed by atoms with Crippen molar-refractivity contribution in [1.82, 2.24) is 4.90 Å². The minimum absolute atomic E-state index is 0.0211. The zero-order chi connectivity index (χ0) is 19.6. The van der Waals surface area contributed by atoms with Gasteiger partial charge in [0.1, 0.15) is 5.75 Å². The maximum atomic E-state index is 12.7. The molecule has 0 radical (unpaired) electrons. The number of nitrogens with one attached hydrogen (secondary N) is 1. The van der Waals surface area contributed by atoms with Gasteiger partial charge in [0.15, 0.2) is 6.61 Å². The Kier molecular flexibility index (Phi) is 8.14. The molecule has 0 aliphatic carbocycles. The first-order valence-electron chi connectivity index (χ1n) is 9.11. The van der Waals surface area contributed by atoms with Gasteiger partial charge in [-0.05, 0) is 55.3 Å². The Morgan fingerprint density at radius 3 is 2.33 bits per heavy atom. The van der Waals surface area contributed by atoms with Crippen LogP contribution in [0.5, 0.6) is 5.75 Å². The number of anilines is 1. The molecule has 5 nitrogen and oxygen atoms in total. The van der Waals surface area contributed by atoms with Gasteiger partial charge in [-0.1, -0.05) is 31.5 Å². The summed E-state index contributed by atoms with van der Waals surface area (Å²) in [6.45, 7) is 5.41. The Morgan fingerprint density at radius 2 is 1.70 bits per heavy atom. The van der Waals surface area contributed by atoms with E-state index in [1.807, 2.05) is 18.7 Å². The van der Waals surface area contributed by atoms with Crippen molar-refractivity contribution in [1.29, 1.82) is 0 Å². The van der Waals surface area contributed by atoms with E-state index in [0.29, 0.717) is 22.0 Å². The third kappa shape index (κ3) is 6.61. The van der Waals surface area contributed by atoms with E-state index in [9.17, 15) is 9.59 Å². The first-order chi connectivity index (χ1) is 13.0. The second kappa shape index (κ2) is 10.6. The van der Waals surface area contributed by atoms with Crippen molar-refractivity contribution in [2.24, 2.45) is 0 Å². The van der Waals surface area contributed by atoms with Crippen molar-refractivity contribution in [2.45, 2.75) is 26.7 Å². The van der Waals surface area contributed by atoms with Gasteiger partial charge in [-0.3, -0.25) is 9.59 Å². The van der Waals surface area contributed by atoms with Gasteiger partial charge < -0.3 is 15.0 Å². The van der Waals surface area contributed by atoms with Crippen molar-refractivity contribution in [3.8, 4) is 5.75 Å². The van der Waals surface area contributed by atoms with Crippen LogP contribution in [0.15, 0.2) is 48.5 Å². The lowest BCUT2D eigenvalue weighted by atomic mass is 10.1. The van der Waals surface area contributed by atoms with Crippen LogP contribution in [0.25, 0.3) is 0 Å². The van der Waals surface area contributed by atoms with Gasteiger partial charge in [-0.15, -0.1) is 0 Å². The Balaban J connectivity index is 1.96. The van der Waals surface area contributed by atoms with Crippen molar-refractivity contribution >= 4 is 29.1 Å². The van der Waals surface area contributed by atoms with Crippen LogP contribution < -0.4 is 10.1 Å². The molecule has 0 unspecified atom stereocenters. The van der Waals surface area contributed by atoms with Crippen LogP contribution in [-0.4, -0.2) is 36.4 Å². The maximum Gasteiger partial charge on any atom is 0.262 e. The molecule has 0 atom stereocenters. The molecule has 0 bridgehead atoms. The Morgan fingerprint density at radius 1 is 1.04 bits per heavy atom. The zero-order valence-corrected chi connectivity index (χ0v) is 16.5. The Hall–Kier alpha value is -2.53. The lowest BCUT2D eigenvalue weighted by molar-refractivity contribution is -0.118. The monoisotopic (exact) mass is 388 g/mol. The minimum atomic E-state index is -0.298. The number of halogens is 1. The normalized spacial score (nSPS) is 10.3. The largest absolute Gasteiger partial charge is 0.484 e. The van der Waals surface area contributed by atoms with Gasteiger partial charge in [0.2, 0.25) is 0 Å². The molecule has 2 rings (SSSR count). The molecular formula is C21H25ClN2O3. The summed E-state index contributed by atoms with van der Waals surface area (Å²) >= 11 is 5.82. The predicted octanol–water partition coefficient (Wildman–Crippen LogP) is 4.62. The van der Waals surface area contributed by atoms with Gasteiger partial charge in [0, 0.05) is 29.4 Å². The molecule has 0 saturated heterocycles. The summed E-state index contributed by atoms with van der Waals surface area (Å²) in [5, 5.41) is 3.37. The number of benzene rings is 2.